The van der Waals surface area contributed by atoms with E-state index in [9.17, 15) is 14.4 Å². The van der Waals surface area contributed by atoms with E-state index in [1.807, 2.05) is 19.9 Å². The minimum Gasteiger partial charge on any atom is -0.453 e. The third-order valence-electron chi connectivity index (χ3n) is 5.71. The first kappa shape index (κ1) is 28.1. The van der Waals surface area contributed by atoms with Crippen molar-refractivity contribution in [2.24, 2.45) is 0 Å². The van der Waals surface area contributed by atoms with Crippen LogP contribution in [0.2, 0.25) is 0 Å². The topological polar surface area (TPSA) is 97.6 Å². The van der Waals surface area contributed by atoms with Crippen molar-refractivity contribution in [1.29, 1.82) is 0 Å². The van der Waals surface area contributed by atoms with Gasteiger partial charge >= 0.3 is 11.7 Å². The van der Waals surface area contributed by atoms with Crippen LogP contribution < -0.4 is 16.3 Å². The van der Waals surface area contributed by atoms with Gasteiger partial charge in [-0.1, -0.05) is 26.3 Å². The molecule has 0 saturated heterocycles. The van der Waals surface area contributed by atoms with Crippen LogP contribution in [0.4, 0.5) is 10.5 Å². The summed E-state index contributed by atoms with van der Waals surface area (Å²) in [5.74, 6) is 0.0947. The Bertz CT molecular complexity index is 1140. The van der Waals surface area contributed by atoms with Crippen LogP contribution in [0.25, 0.3) is 6.08 Å². The average molecular weight is 501 g/mol. The summed E-state index contributed by atoms with van der Waals surface area (Å²) >= 11 is 1.69. The molecule has 2 N–H and O–H groups in total. The number of anilines is 1. The van der Waals surface area contributed by atoms with Crippen LogP contribution in [-0.4, -0.2) is 26.0 Å². The van der Waals surface area contributed by atoms with Crippen LogP contribution in [-0.2, 0) is 11.2 Å². The van der Waals surface area contributed by atoms with E-state index in [4.69, 9.17) is 4.42 Å². The van der Waals surface area contributed by atoms with Crippen LogP contribution in [0, 0.1) is 6.92 Å². The Hall–Kier alpha value is -3.13. The molecule has 0 aliphatic heterocycles. The van der Waals surface area contributed by atoms with Gasteiger partial charge in [-0.25, -0.2) is 9.59 Å². The summed E-state index contributed by atoms with van der Waals surface area (Å²) in [6.45, 7) is 7.89. The number of unbranched alkanes of at least 4 members (excludes halogenated alkanes) is 1. The maximum absolute atomic E-state index is 13.2. The molecule has 0 bridgehead atoms. The molecule has 0 radical (unpaired) electrons. The molecule has 0 saturated carbocycles. The molecule has 0 fully saturated rings. The number of methoxy groups -OCH3 is 1. The molecular formula is C27H36N2O5S. The maximum Gasteiger partial charge on any atom is 0.410 e. The van der Waals surface area contributed by atoms with Crippen LogP contribution in [0.1, 0.15) is 83.8 Å². The van der Waals surface area contributed by atoms with Crippen LogP contribution in [0.5, 0.6) is 0 Å². The summed E-state index contributed by atoms with van der Waals surface area (Å²) < 4.78 is 10.1. The number of carbonyl (C=O) groups is 2. The van der Waals surface area contributed by atoms with E-state index in [0.717, 1.165) is 29.7 Å². The van der Waals surface area contributed by atoms with Gasteiger partial charge in [0.15, 0.2) is 5.78 Å². The van der Waals surface area contributed by atoms with Crippen LogP contribution in [0.3, 0.4) is 0 Å². The van der Waals surface area contributed by atoms with Gasteiger partial charge in [-0.15, -0.1) is 11.3 Å². The highest BCUT2D eigenvalue weighted by molar-refractivity contribution is 7.13. The number of allylic oxidation sites excluding steroid dienone is 2. The molecular weight excluding hydrogens is 464 g/mol. The second-order valence-electron chi connectivity index (χ2n) is 8.51. The summed E-state index contributed by atoms with van der Waals surface area (Å²) in [6, 6.07) is 3.90. The largest absolute Gasteiger partial charge is 0.453 e. The van der Waals surface area contributed by atoms with E-state index >= 15 is 0 Å². The number of aryl methyl sites for hydroxylation is 2. The molecule has 7 nitrogen and oxygen atoms in total. The van der Waals surface area contributed by atoms with Crippen molar-refractivity contribution in [3.63, 3.8) is 0 Å². The van der Waals surface area contributed by atoms with Gasteiger partial charge < -0.3 is 14.5 Å². The number of amides is 1. The van der Waals surface area contributed by atoms with Gasteiger partial charge in [0.1, 0.15) is 11.3 Å². The average Bonchev–Trinajstić information content (AvgIpc) is 3.19. The van der Waals surface area contributed by atoms with Crippen molar-refractivity contribution in [3.05, 3.63) is 67.0 Å². The predicted octanol–water partition coefficient (Wildman–Crippen LogP) is 6.43. The van der Waals surface area contributed by atoms with Gasteiger partial charge in [0, 0.05) is 35.0 Å². The second kappa shape index (κ2) is 13.7. The molecule has 0 aromatic carbocycles. The number of hydrogen-bond donors (Lipinski definition) is 2. The molecule has 2 aromatic heterocycles. The Morgan fingerprint density at radius 3 is 2.69 bits per heavy atom. The van der Waals surface area contributed by atoms with Crippen molar-refractivity contribution >= 4 is 35.0 Å². The van der Waals surface area contributed by atoms with Gasteiger partial charge in [0.2, 0.25) is 0 Å². The third kappa shape index (κ3) is 7.96. The zero-order valence-electron chi connectivity index (χ0n) is 21.4. The molecule has 2 rings (SSSR count). The SMILES string of the molecule is CCCCc1cc(C)c(/C=C(\C)C(=O)c2c(NC)cc(C(C)CC/C=C/NC(=O)OC)oc2=O)s1. The number of hydrogen-bond acceptors (Lipinski definition) is 7. The molecule has 1 atom stereocenters. The fourth-order valence-electron chi connectivity index (χ4n) is 3.57. The van der Waals surface area contributed by atoms with Crippen molar-refractivity contribution in [3.8, 4) is 0 Å². The van der Waals surface area contributed by atoms with Gasteiger partial charge in [-0.05, 0) is 62.8 Å². The molecule has 190 valence electrons. The van der Waals surface area contributed by atoms with E-state index in [-0.39, 0.29) is 17.3 Å². The Morgan fingerprint density at radius 2 is 2.03 bits per heavy atom. The van der Waals surface area contributed by atoms with E-state index in [2.05, 4.69) is 28.4 Å². The minimum atomic E-state index is -0.647. The van der Waals surface area contributed by atoms with Gasteiger partial charge in [-0.3, -0.25) is 10.1 Å². The number of rotatable bonds is 12. The monoisotopic (exact) mass is 500 g/mol. The summed E-state index contributed by atoms with van der Waals surface area (Å²) in [4.78, 5) is 39.5. The number of ketones is 1. The molecule has 35 heavy (non-hydrogen) atoms. The van der Waals surface area contributed by atoms with E-state index < -0.39 is 11.7 Å². The predicted molar refractivity (Wildman–Crippen MR) is 143 cm³/mol. The Morgan fingerprint density at radius 1 is 1.29 bits per heavy atom. The normalized spacial score (nSPS) is 12.6. The Kier molecular flexibility index (Phi) is 11.0. The molecule has 1 unspecified atom stereocenters. The number of thiophene rings is 1. The molecule has 1 amide bonds. The Labute approximate surface area is 211 Å². The van der Waals surface area contributed by atoms with Crippen LogP contribution in [0.15, 0.2) is 39.2 Å². The summed E-state index contributed by atoms with van der Waals surface area (Å²) in [5, 5.41) is 5.45. The molecule has 2 aromatic rings. The lowest BCUT2D eigenvalue weighted by atomic mass is 9.99. The zero-order valence-corrected chi connectivity index (χ0v) is 22.3. The maximum atomic E-state index is 13.2. The zero-order chi connectivity index (χ0) is 26.0. The number of ether oxygens (including phenoxy) is 1. The quantitative estimate of drug-likeness (QED) is 0.257. The lowest BCUT2D eigenvalue weighted by Crippen LogP contribution is -2.19. The van der Waals surface area contributed by atoms with Gasteiger partial charge in [0.05, 0.1) is 12.8 Å². The highest BCUT2D eigenvalue weighted by atomic mass is 32.1. The highest BCUT2D eigenvalue weighted by Crippen LogP contribution is 2.28. The number of carbonyl (C=O) groups excluding carboxylic acids is 2. The third-order valence-corrected chi connectivity index (χ3v) is 6.96. The first-order valence-electron chi connectivity index (χ1n) is 11.9. The molecule has 2 heterocycles. The summed E-state index contributed by atoms with van der Waals surface area (Å²) in [7, 11) is 2.98. The van der Waals surface area contributed by atoms with Gasteiger partial charge in [0.25, 0.3) is 0 Å². The highest BCUT2D eigenvalue weighted by Gasteiger charge is 2.22. The minimum absolute atomic E-state index is 0.0137. The Balaban J connectivity index is 2.20. The number of alkyl carbamates (subject to hydrolysis) is 1. The van der Waals surface area contributed by atoms with Crippen LogP contribution >= 0.6 is 11.3 Å². The second-order valence-corrected chi connectivity index (χ2v) is 9.68. The molecule has 0 spiro atoms. The van der Waals surface area contributed by atoms with Crippen molar-refractivity contribution in [2.75, 3.05) is 19.5 Å². The fourth-order valence-corrected chi connectivity index (χ4v) is 4.79. The van der Waals surface area contributed by atoms with E-state index in [1.165, 1.54) is 18.2 Å². The lowest BCUT2D eigenvalue weighted by Gasteiger charge is -2.13. The van der Waals surface area contributed by atoms with Crippen molar-refractivity contribution in [2.45, 2.75) is 65.7 Å². The molecule has 0 aliphatic rings. The smallest absolute Gasteiger partial charge is 0.410 e. The van der Waals surface area contributed by atoms with Crippen molar-refractivity contribution in [1.82, 2.24) is 5.32 Å². The lowest BCUT2D eigenvalue weighted by molar-refractivity contribution is 0.103. The van der Waals surface area contributed by atoms with E-state index in [1.54, 1.807) is 37.5 Å². The summed E-state index contributed by atoms with van der Waals surface area (Å²) in [5.41, 5.74) is 1.44. The molecule has 0 aliphatic carbocycles. The fraction of sp³-hybridized carbons (Fsp3) is 0.444. The van der Waals surface area contributed by atoms with E-state index in [0.29, 0.717) is 29.9 Å². The van der Waals surface area contributed by atoms with Gasteiger partial charge in [-0.2, -0.15) is 0 Å². The molecule has 8 heteroatoms. The standard InChI is InChI=1S/C27H36N2O5S/c1-7-8-12-20-14-18(3)23(35-20)15-19(4)25(30)24-21(28-5)16-22(34-26(24)31)17(2)11-9-10-13-29-27(32)33-6/h10,13-17,28H,7-9,11-12H2,1-6H3,(H,29,32)/b13-10+,19-15+. The number of Topliss-reactive ketones (excluding diaryl/α,β-unsaturated/α-hetero) is 1. The summed E-state index contributed by atoms with van der Waals surface area (Å²) in [6.07, 6.45) is 9.32. The van der Waals surface area contributed by atoms with Crippen molar-refractivity contribution < 1.29 is 18.7 Å². The first-order chi connectivity index (χ1) is 16.7. The first-order valence-corrected chi connectivity index (χ1v) is 12.7. The number of nitrogens with one attached hydrogen (secondary N) is 2.